The molecule has 2 aliphatic rings. The van der Waals surface area contributed by atoms with Crippen LogP contribution in [-0.4, -0.2) is 0 Å². The summed E-state index contributed by atoms with van der Waals surface area (Å²) in [4.78, 5) is 0. The average Bonchev–Trinajstić information content (AvgIpc) is 2.77. The van der Waals surface area contributed by atoms with Crippen LogP contribution in [-0.2, 0) is 0 Å². The first-order valence-electron chi connectivity index (χ1n) is 7.77. The molecule has 17 heavy (non-hydrogen) atoms. The molecule has 0 nitrogen and oxygen atoms in total. The van der Waals surface area contributed by atoms with E-state index in [1.165, 1.54) is 57.8 Å². The Morgan fingerprint density at radius 2 is 1.65 bits per heavy atom. The highest BCUT2D eigenvalue weighted by Gasteiger charge is 2.32. The van der Waals surface area contributed by atoms with E-state index in [1.807, 2.05) is 0 Å². The van der Waals surface area contributed by atoms with Gasteiger partial charge in [0.05, 0.1) is 0 Å². The fraction of sp³-hybridized carbons (Fsp3) is 0.765. The summed E-state index contributed by atoms with van der Waals surface area (Å²) in [7, 11) is 0. The molecule has 1 fully saturated rings. The first-order chi connectivity index (χ1) is 8.42. The Hall–Kier alpha value is -0.520. The van der Waals surface area contributed by atoms with E-state index in [2.05, 4.69) is 31.2 Å². The molecule has 0 aromatic rings. The summed E-state index contributed by atoms with van der Waals surface area (Å²) in [5.74, 6) is 2.76. The minimum atomic E-state index is 0.880. The molecule has 0 heterocycles. The zero-order valence-electron chi connectivity index (χ0n) is 11.4. The minimum absolute atomic E-state index is 0.880. The summed E-state index contributed by atoms with van der Waals surface area (Å²) in [5.41, 5.74) is 0. The number of hydrogen-bond acceptors (Lipinski definition) is 0. The molecule has 0 aromatic heterocycles. The van der Waals surface area contributed by atoms with Crippen LogP contribution in [0.5, 0.6) is 0 Å². The van der Waals surface area contributed by atoms with E-state index < -0.39 is 0 Å². The Balaban J connectivity index is 1.60. The first kappa shape index (κ1) is 12.9. The Labute approximate surface area is 107 Å². The first-order valence-corrected chi connectivity index (χ1v) is 7.77. The predicted octanol–water partition coefficient (Wildman–Crippen LogP) is 5.51. The highest BCUT2D eigenvalue weighted by atomic mass is 14.4. The highest BCUT2D eigenvalue weighted by Crippen LogP contribution is 2.42. The van der Waals surface area contributed by atoms with Crippen molar-refractivity contribution in [2.75, 3.05) is 0 Å². The SMILES string of the molecule is CCCCCCCCC1CCC2C=CC=CC21. The lowest BCUT2D eigenvalue weighted by molar-refractivity contribution is 0.377. The van der Waals surface area contributed by atoms with E-state index in [1.54, 1.807) is 0 Å². The summed E-state index contributed by atoms with van der Waals surface area (Å²) in [6.45, 7) is 2.29. The summed E-state index contributed by atoms with van der Waals surface area (Å²) in [5, 5.41) is 0. The van der Waals surface area contributed by atoms with Crippen LogP contribution >= 0.6 is 0 Å². The standard InChI is InChI=1S/C17H28/c1-2-3-4-5-6-7-10-15-13-14-16-11-8-9-12-17(15)16/h8-9,11-12,15-17H,2-7,10,13-14H2,1H3. The van der Waals surface area contributed by atoms with Crippen LogP contribution in [0.25, 0.3) is 0 Å². The molecule has 0 aromatic carbocycles. The summed E-state index contributed by atoms with van der Waals surface area (Å²) in [6, 6.07) is 0. The molecule has 0 heteroatoms. The maximum Gasteiger partial charge on any atom is -0.0139 e. The zero-order chi connectivity index (χ0) is 11.9. The normalized spacial score (nSPS) is 30.8. The maximum atomic E-state index is 2.47. The van der Waals surface area contributed by atoms with Crippen molar-refractivity contribution in [2.24, 2.45) is 17.8 Å². The fourth-order valence-corrected chi connectivity index (χ4v) is 3.59. The highest BCUT2D eigenvalue weighted by molar-refractivity contribution is 5.17. The minimum Gasteiger partial charge on any atom is -0.0808 e. The van der Waals surface area contributed by atoms with Gasteiger partial charge in [-0.05, 0) is 37.0 Å². The van der Waals surface area contributed by atoms with Crippen LogP contribution in [0.2, 0.25) is 0 Å². The monoisotopic (exact) mass is 232 g/mol. The summed E-state index contributed by atoms with van der Waals surface area (Å²) >= 11 is 0. The number of allylic oxidation sites excluding steroid dienone is 4. The topological polar surface area (TPSA) is 0 Å². The third kappa shape index (κ3) is 3.72. The van der Waals surface area contributed by atoms with Gasteiger partial charge < -0.3 is 0 Å². The molecule has 3 unspecified atom stereocenters. The van der Waals surface area contributed by atoms with Gasteiger partial charge in [-0.3, -0.25) is 0 Å². The van der Waals surface area contributed by atoms with Crippen LogP contribution in [0.3, 0.4) is 0 Å². The van der Waals surface area contributed by atoms with Crippen LogP contribution in [0, 0.1) is 17.8 Å². The largest absolute Gasteiger partial charge is 0.0808 e. The molecule has 3 atom stereocenters. The van der Waals surface area contributed by atoms with E-state index in [0.717, 1.165) is 17.8 Å². The third-order valence-corrected chi connectivity index (χ3v) is 4.64. The second-order valence-electron chi connectivity index (χ2n) is 5.90. The second-order valence-corrected chi connectivity index (χ2v) is 5.90. The van der Waals surface area contributed by atoms with E-state index in [9.17, 15) is 0 Å². The van der Waals surface area contributed by atoms with Crippen molar-refractivity contribution in [3.63, 3.8) is 0 Å². The van der Waals surface area contributed by atoms with Crippen LogP contribution < -0.4 is 0 Å². The van der Waals surface area contributed by atoms with E-state index in [-0.39, 0.29) is 0 Å². The van der Waals surface area contributed by atoms with Gasteiger partial charge in [0.25, 0.3) is 0 Å². The molecule has 0 bridgehead atoms. The number of rotatable bonds is 7. The summed E-state index contributed by atoms with van der Waals surface area (Å²) in [6.07, 6.45) is 22.4. The van der Waals surface area contributed by atoms with Crippen molar-refractivity contribution in [3.8, 4) is 0 Å². The van der Waals surface area contributed by atoms with Gasteiger partial charge in [-0.25, -0.2) is 0 Å². The lowest BCUT2D eigenvalue weighted by atomic mass is 9.84. The van der Waals surface area contributed by atoms with Crippen molar-refractivity contribution < 1.29 is 0 Å². The summed E-state index contributed by atoms with van der Waals surface area (Å²) < 4.78 is 0. The number of hydrogen-bond donors (Lipinski definition) is 0. The van der Waals surface area contributed by atoms with Gasteiger partial charge in [-0.15, -0.1) is 0 Å². The van der Waals surface area contributed by atoms with Crippen LogP contribution in [0.15, 0.2) is 24.3 Å². The molecule has 2 rings (SSSR count). The molecular weight excluding hydrogens is 204 g/mol. The van der Waals surface area contributed by atoms with Gasteiger partial charge in [-0.2, -0.15) is 0 Å². The average molecular weight is 232 g/mol. The number of fused-ring (bicyclic) bond motifs is 1. The second kappa shape index (κ2) is 7.03. The number of unbranched alkanes of at least 4 members (excludes halogenated alkanes) is 5. The molecule has 0 saturated heterocycles. The molecule has 0 radical (unpaired) electrons. The van der Waals surface area contributed by atoms with Gasteiger partial charge in [0.2, 0.25) is 0 Å². The van der Waals surface area contributed by atoms with Gasteiger partial charge >= 0.3 is 0 Å². The Bertz CT molecular complexity index is 261. The molecule has 1 saturated carbocycles. The van der Waals surface area contributed by atoms with Crippen molar-refractivity contribution >= 4 is 0 Å². The third-order valence-electron chi connectivity index (χ3n) is 4.64. The predicted molar refractivity (Wildman–Crippen MR) is 76.0 cm³/mol. The van der Waals surface area contributed by atoms with Crippen molar-refractivity contribution in [1.29, 1.82) is 0 Å². The van der Waals surface area contributed by atoms with Crippen LogP contribution in [0.1, 0.15) is 64.7 Å². The molecule has 2 aliphatic carbocycles. The van der Waals surface area contributed by atoms with Gasteiger partial charge in [0.1, 0.15) is 0 Å². The molecule has 0 amide bonds. The van der Waals surface area contributed by atoms with Gasteiger partial charge in [-0.1, -0.05) is 69.8 Å². The Morgan fingerprint density at radius 3 is 2.53 bits per heavy atom. The Morgan fingerprint density at radius 1 is 0.882 bits per heavy atom. The fourth-order valence-electron chi connectivity index (χ4n) is 3.59. The van der Waals surface area contributed by atoms with Crippen LogP contribution in [0.4, 0.5) is 0 Å². The zero-order valence-corrected chi connectivity index (χ0v) is 11.4. The maximum absolute atomic E-state index is 2.47. The molecule has 96 valence electrons. The van der Waals surface area contributed by atoms with E-state index in [4.69, 9.17) is 0 Å². The lowest BCUT2D eigenvalue weighted by Gasteiger charge is -2.21. The smallest absolute Gasteiger partial charge is 0.0139 e. The lowest BCUT2D eigenvalue weighted by Crippen LogP contribution is -2.12. The molecule has 0 spiro atoms. The van der Waals surface area contributed by atoms with E-state index >= 15 is 0 Å². The van der Waals surface area contributed by atoms with Crippen molar-refractivity contribution in [3.05, 3.63) is 24.3 Å². The van der Waals surface area contributed by atoms with Crippen molar-refractivity contribution in [2.45, 2.75) is 64.7 Å². The Kier molecular flexibility index (Phi) is 5.35. The van der Waals surface area contributed by atoms with Gasteiger partial charge in [0.15, 0.2) is 0 Å². The quantitative estimate of drug-likeness (QED) is 0.508. The molecule has 0 aliphatic heterocycles. The van der Waals surface area contributed by atoms with Crippen molar-refractivity contribution in [1.82, 2.24) is 0 Å². The molecule has 0 N–H and O–H groups in total. The van der Waals surface area contributed by atoms with E-state index in [0.29, 0.717) is 0 Å². The van der Waals surface area contributed by atoms with Gasteiger partial charge in [0, 0.05) is 0 Å². The molecular formula is C17H28.